The van der Waals surface area contributed by atoms with Crippen LogP contribution >= 0.6 is 11.6 Å². The molecule has 0 atom stereocenters. The van der Waals surface area contributed by atoms with Crippen molar-refractivity contribution < 1.29 is 14.5 Å². The molecule has 2 amide bonds. The molecule has 2 aromatic rings. The number of carbonyl (C=O) groups excluding carboxylic acids is 2. The number of anilines is 1. The summed E-state index contributed by atoms with van der Waals surface area (Å²) in [7, 11) is 1.40. The fourth-order valence-corrected chi connectivity index (χ4v) is 2.58. The van der Waals surface area contributed by atoms with Crippen molar-refractivity contribution in [3.05, 3.63) is 68.2 Å². The standard InChI is InChI=1S/C18H18ClN3O4/c1-11-5-4-6-15(12(11)2)20-17(23)10-21(3)18(24)14-9-13(19)7-8-16(14)22(25)26/h4-9H,10H2,1-3H3,(H,20,23). The third-order valence-electron chi connectivity index (χ3n) is 3.99. The van der Waals surface area contributed by atoms with Crippen LogP contribution in [0, 0.1) is 24.0 Å². The summed E-state index contributed by atoms with van der Waals surface area (Å²) in [6.07, 6.45) is 0. The van der Waals surface area contributed by atoms with Crippen molar-refractivity contribution in [3.63, 3.8) is 0 Å². The summed E-state index contributed by atoms with van der Waals surface area (Å²) in [6.45, 7) is 3.56. The minimum atomic E-state index is -0.659. The lowest BCUT2D eigenvalue weighted by Crippen LogP contribution is -2.35. The van der Waals surface area contributed by atoms with Gasteiger partial charge in [-0.15, -0.1) is 0 Å². The number of nitrogens with zero attached hydrogens (tertiary/aromatic N) is 2. The summed E-state index contributed by atoms with van der Waals surface area (Å²) in [5, 5.41) is 14.1. The van der Waals surface area contributed by atoms with Gasteiger partial charge >= 0.3 is 0 Å². The number of aryl methyl sites for hydroxylation is 1. The van der Waals surface area contributed by atoms with Crippen molar-refractivity contribution in [2.45, 2.75) is 13.8 Å². The first-order valence-electron chi connectivity index (χ1n) is 7.76. The summed E-state index contributed by atoms with van der Waals surface area (Å²) in [5.74, 6) is -1.06. The second-order valence-electron chi connectivity index (χ2n) is 5.88. The first-order chi connectivity index (χ1) is 12.2. The number of nitro benzene ring substituents is 1. The second-order valence-corrected chi connectivity index (χ2v) is 6.31. The summed E-state index contributed by atoms with van der Waals surface area (Å²) in [6, 6.07) is 9.25. The quantitative estimate of drug-likeness (QED) is 0.638. The number of halogens is 1. The molecule has 7 nitrogen and oxygen atoms in total. The van der Waals surface area contributed by atoms with Crippen LogP contribution in [0.4, 0.5) is 11.4 Å². The minimum Gasteiger partial charge on any atom is -0.332 e. The number of carbonyl (C=O) groups is 2. The first kappa shape index (κ1) is 19.4. The molecule has 0 spiro atoms. The van der Waals surface area contributed by atoms with Gasteiger partial charge in [-0.25, -0.2) is 0 Å². The van der Waals surface area contributed by atoms with Gasteiger partial charge in [0.05, 0.1) is 11.5 Å². The SMILES string of the molecule is Cc1cccc(NC(=O)CN(C)C(=O)c2cc(Cl)ccc2[N+](=O)[O-])c1C. The molecule has 26 heavy (non-hydrogen) atoms. The molecule has 8 heteroatoms. The number of rotatable bonds is 5. The molecular weight excluding hydrogens is 358 g/mol. The molecule has 0 fully saturated rings. The third-order valence-corrected chi connectivity index (χ3v) is 4.23. The van der Waals surface area contributed by atoms with Gasteiger partial charge in [-0.1, -0.05) is 23.7 Å². The Hall–Kier alpha value is -2.93. The Balaban J connectivity index is 2.14. The number of benzene rings is 2. The Labute approximate surface area is 155 Å². The molecule has 0 saturated carbocycles. The van der Waals surface area contributed by atoms with Crippen LogP contribution in [-0.4, -0.2) is 35.2 Å². The minimum absolute atomic E-state index is 0.162. The predicted octanol–water partition coefficient (Wildman–Crippen LogP) is 3.58. The van der Waals surface area contributed by atoms with Crippen LogP contribution < -0.4 is 5.32 Å². The highest BCUT2D eigenvalue weighted by Crippen LogP contribution is 2.24. The van der Waals surface area contributed by atoms with Crippen LogP contribution in [0.25, 0.3) is 0 Å². The van der Waals surface area contributed by atoms with Gasteiger partial charge in [-0.2, -0.15) is 0 Å². The van der Waals surface area contributed by atoms with Crippen LogP contribution in [0.1, 0.15) is 21.5 Å². The Morgan fingerprint density at radius 3 is 2.58 bits per heavy atom. The molecular formula is C18H18ClN3O4. The molecule has 0 aliphatic heterocycles. The van der Waals surface area contributed by atoms with Gasteiger partial charge in [-0.05, 0) is 43.2 Å². The van der Waals surface area contributed by atoms with Crippen molar-refractivity contribution >= 4 is 34.8 Å². The van der Waals surface area contributed by atoms with Crippen molar-refractivity contribution in [3.8, 4) is 0 Å². The molecule has 136 valence electrons. The molecule has 0 aliphatic rings. The van der Waals surface area contributed by atoms with E-state index in [0.29, 0.717) is 5.69 Å². The van der Waals surface area contributed by atoms with E-state index < -0.39 is 16.7 Å². The van der Waals surface area contributed by atoms with Crippen molar-refractivity contribution in [2.24, 2.45) is 0 Å². The lowest BCUT2D eigenvalue weighted by molar-refractivity contribution is -0.385. The van der Waals surface area contributed by atoms with Crippen LogP contribution in [-0.2, 0) is 4.79 Å². The highest BCUT2D eigenvalue weighted by atomic mass is 35.5. The number of nitrogens with one attached hydrogen (secondary N) is 1. The molecule has 0 bridgehead atoms. The van der Waals surface area contributed by atoms with Crippen molar-refractivity contribution in [2.75, 3.05) is 18.9 Å². The largest absolute Gasteiger partial charge is 0.332 e. The smallest absolute Gasteiger partial charge is 0.282 e. The van der Waals surface area contributed by atoms with Gasteiger partial charge in [-0.3, -0.25) is 19.7 Å². The topological polar surface area (TPSA) is 92.6 Å². The summed E-state index contributed by atoms with van der Waals surface area (Å²) < 4.78 is 0. The molecule has 0 aromatic heterocycles. The van der Waals surface area contributed by atoms with E-state index in [1.165, 1.54) is 25.2 Å². The average molecular weight is 376 g/mol. The van der Waals surface area contributed by atoms with Crippen molar-refractivity contribution in [1.29, 1.82) is 0 Å². The normalized spacial score (nSPS) is 10.3. The maximum Gasteiger partial charge on any atom is 0.282 e. The van der Waals surface area contributed by atoms with Gasteiger partial charge in [0.15, 0.2) is 0 Å². The molecule has 1 N–H and O–H groups in total. The van der Waals surface area contributed by atoms with E-state index in [0.717, 1.165) is 16.0 Å². The zero-order chi connectivity index (χ0) is 19.4. The molecule has 0 unspecified atom stereocenters. The summed E-state index contributed by atoms with van der Waals surface area (Å²) >= 11 is 5.84. The predicted molar refractivity (Wildman–Crippen MR) is 99.6 cm³/mol. The van der Waals surface area contributed by atoms with E-state index in [-0.39, 0.29) is 22.8 Å². The zero-order valence-corrected chi connectivity index (χ0v) is 15.3. The third kappa shape index (κ3) is 4.37. The first-order valence-corrected chi connectivity index (χ1v) is 8.14. The van der Waals surface area contributed by atoms with Gasteiger partial charge in [0.2, 0.25) is 5.91 Å². The Kier molecular flexibility index (Phi) is 5.94. The summed E-state index contributed by atoms with van der Waals surface area (Å²) in [5.41, 5.74) is 2.09. The average Bonchev–Trinajstić information content (AvgIpc) is 2.57. The monoisotopic (exact) mass is 375 g/mol. The van der Waals surface area contributed by atoms with Crippen LogP contribution in [0.2, 0.25) is 5.02 Å². The van der Waals surface area contributed by atoms with E-state index in [4.69, 9.17) is 11.6 Å². The van der Waals surface area contributed by atoms with E-state index >= 15 is 0 Å². The maximum absolute atomic E-state index is 12.5. The van der Waals surface area contributed by atoms with Crippen LogP contribution in [0.3, 0.4) is 0 Å². The van der Waals surface area contributed by atoms with Gasteiger partial charge in [0.25, 0.3) is 11.6 Å². The van der Waals surface area contributed by atoms with E-state index in [1.807, 2.05) is 26.0 Å². The highest BCUT2D eigenvalue weighted by Gasteiger charge is 2.24. The Morgan fingerprint density at radius 1 is 1.23 bits per heavy atom. The van der Waals surface area contributed by atoms with Crippen molar-refractivity contribution in [1.82, 2.24) is 4.90 Å². The Bertz CT molecular complexity index is 883. The fourth-order valence-electron chi connectivity index (χ4n) is 2.41. The maximum atomic E-state index is 12.5. The van der Waals surface area contributed by atoms with Gasteiger partial charge in [0.1, 0.15) is 5.56 Å². The number of hydrogen-bond acceptors (Lipinski definition) is 4. The lowest BCUT2D eigenvalue weighted by Gasteiger charge is -2.18. The Morgan fingerprint density at radius 2 is 1.92 bits per heavy atom. The van der Waals surface area contributed by atoms with Gasteiger partial charge in [0, 0.05) is 23.8 Å². The number of hydrogen-bond donors (Lipinski definition) is 1. The van der Waals surface area contributed by atoms with E-state index in [9.17, 15) is 19.7 Å². The van der Waals surface area contributed by atoms with E-state index in [1.54, 1.807) is 6.07 Å². The van der Waals surface area contributed by atoms with Crippen LogP contribution in [0.5, 0.6) is 0 Å². The van der Waals surface area contributed by atoms with E-state index in [2.05, 4.69) is 5.32 Å². The molecule has 2 aromatic carbocycles. The van der Waals surface area contributed by atoms with Gasteiger partial charge < -0.3 is 10.2 Å². The lowest BCUT2D eigenvalue weighted by atomic mass is 10.1. The highest BCUT2D eigenvalue weighted by molar-refractivity contribution is 6.31. The summed E-state index contributed by atoms with van der Waals surface area (Å²) in [4.78, 5) is 36.3. The second kappa shape index (κ2) is 7.97. The number of nitro groups is 1. The zero-order valence-electron chi connectivity index (χ0n) is 14.6. The molecule has 0 heterocycles. The number of amides is 2. The molecule has 0 aliphatic carbocycles. The molecule has 0 saturated heterocycles. The fraction of sp³-hybridized carbons (Fsp3) is 0.222. The molecule has 0 radical (unpaired) electrons. The molecule has 2 rings (SSSR count). The number of likely N-dealkylation sites (N-methyl/N-ethyl adjacent to an activating group) is 1. The van der Waals surface area contributed by atoms with Crippen LogP contribution in [0.15, 0.2) is 36.4 Å².